The van der Waals surface area contributed by atoms with Crippen molar-refractivity contribution in [3.63, 3.8) is 0 Å². The van der Waals surface area contributed by atoms with Gasteiger partial charge in [-0.15, -0.1) is 5.10 Å². The van der Waals surface area contributed by atoms with Crippen molar-refractivity contribution in [2.45, 2.75) is 0 Å². The first-order valence-corrected chi connectivity index (χ1v) is 8.65. The monoisotopic (exact) mass is 367 g/mol. The van der Waals surface area contributed by atoms with E-state index in [9.17, 15) is 9.59 Å². The van der Waals surface area contributed by atoms with Gasteiger partial charge in [0.15, 0.2) is 0 Å². The Labute approximate surface area is 159 Å². The lowest BCUT2D eigenvalue weighted by Gasteiger charge is -2.21. The molecule has 2 aromatic heterocycles. The van der Waals surface area contributed by atoms with Crippen molar-refractivity contribution in [2.24, 2.45) is 0 Å². The molecule has 134 valence electrons. The molecule has 2 aromatic carbocycles. The molecule has 0 radical (unpaired) electrons. The standard InChI is InChI=1S/C21H13N5O2/c27-20-13-7-1-2-8-14(13)21(28)19(18(20)23-17-11-5-6-12-22-17)26-16-10-4-3-9-15(16)24-25-26/h1-12H,(H,22,23). The number of pyridine rings is 1. The van der Waals surface area contributed by atoms with E-state index in [1.165, 1.54) is 4.68 Å². The van der Waals surface area contributed by atoms with Gasteiger partial charge in [0, 0.05) is 17.3 Å². The van der Waals surface area contributed by atoms with Gasteiger partial charge in [0.2, 0.25) is 11.6 Å². The van der Waals surface area contributed by atoms with E-state index in [-0.39, 0.29) is 23.0 Å². The summed E-state index contributed by atoms with van der Waals surface area (Å²) in [5.74, 6) is -0.139. The molecule has 0 saturated heterocycles. The van der Waals surface area contributed by atoms with Crippen LogP contribution in [-0.2, 0) is 0 Å². The number of nitrogens with one attached hydrogen (secondary N) is 1. The number of carbonyl (C=O) groups is 2. The number of hydrogen-bond donors (Lipinski definition) is 1. The Balaban J connectivity index is 1.78. The van der Waals surface area contributed by atoms with E-state index >= 15 is 0 Å². The summed E-state index contributed by atoms with van der Waals surface area (Å²) in [6.07, 6.45) is 1.61. The third-order valence-corrected chi connectivity index (χ3v) is 4.58. The summed E-state index contributed by atoms with van der Waals surface area (Å²) in [4.78, 5) is 30.8. The van der Waals surface area contributed by atoms with Gasteiger partial charge in [0.05, 0.1) is 5.52 Å². The molecule has 0 atom stereocenters. The highest BCUT2D eigenvalue weighted by Gasteiger charge is 2.34. The molecular formula is C21H13N5O2. The lowest BCUT2D eigenvalue weighted by atomic mass is 9.90. The SMILES string of the molecule is O=C1C(Nc2ccccn2)=C(n2nnc3ccccc32)C(=O)c2ccccc21. The molecule has 1 N–H and O–H groups in total. The molecule has 0 spiro atoms. The number of benzene rings is 2. The first-order valence-electron chi connectivity index (χ1n) is 8.65. The number of aromatic nitrogens is 4. The zero-order chi connectivity index (χ0) is 19.1. The number of rotatable bonds is 3. The second-order valence-corrected chi connectivity index (χ2v) is 6.26. The van der Waals surface area contributed by atoms with Gasteiger partial charge >= 0.3 is 0 Å². The highest BCUT2D eigenvalue weighted by Crippen LogP contribution is 2.30. The first kappa shape index (κ1) is 16.1. The molecule has 0 aliphatic heterocycles. The minimum absolute atomic E-state index is 0.123. The molecule has 2 heterocycles. The van der Waals surface area contributed by atoms with Crippen molar-refractivity contribution >= 4 is 34.1 Å². The van der Waals surface area contributed by atoms with Gasteiger partial charge < -0.3 is 5.32 Å². The summed E-state index contributed by atoms with van der Waals surface area (Å²) in [5.41, 5.74) is 2.21. The molecule has 0 saturated carbocycles. The molecule has 0 bridgehead atoms. The summed E-state index contributed by atoms with van der Waals surface area (Å²) in [6, 6.07) is 19.3. The third-order valence-electron chi connectivity index (χ3n) is 4.58. The minimum Gasteiger partial charge on any atom is -0.335 e. The summed E-state index contributed by atoms with van der Waals surface area (Å²) in [7, 11) is 0. The van der Waals surface area contributed by atoms with Crippen LogP contribution in [-0.4, -0.2) is 31.5 Å². The Hall–Kier alpha value is -4.13. The molecule has 0 unspecified atom stereocenters. The summed E-state index contributed by atoms with van der Waals surface area (Å²) >= 11 is 0. The first-order chi connectivity index (χ1) is 13.7. The highest BCUT2D eigenvalue weighted by atomic mass is 16.1. The maximum absolute atomic E-state index is 13.3. The normalized spacial score (nSPS) is 13.7. The van der Waals surface area contributed by atoms with Crippen LogP contribution in [0.4, 0.5) is 5.82 Å². The second kappa shape index (κ2) is 6.24. The Bertz CT molecular complexity index is 1270. The topological polar surface area (TPSA) is 89.8 Å². The largest absolute Gasteiger partial charge is 0.335 e. The van der Waals surface area contributed by atoms with Crippen molar-refractivity contribution in [3.8, 4) is 0 Å². The summed E-state index contributed by atoms with van der Waals surface area (Å²) in [5, 5.41) is 11.3. The van der Waals surface area contributed by atoms with E-state index in [1.54, 1.807) is 60.8 Å². The molecule has 7 heteroatoms. The van der Waals surface area contributed by atoms with E-state index in [1.807, 2.05) is 12.1 Å². The van der Waals surface area contributed by atoms with E-state index in [0.717, 1.165) is 0 Å². The third kappa shape index (κ3) is 2.41. The molecule has 1 aliphatic carbocycles. The van der Waals surface area contributed by atoms with Crippen molar-refractivity contribution in [1.82, 2.24) is 20.0 Å². The summed E-state index contributed by atoms with van der Waals surface area (Å²) in [6.45, 7) is 0. The van der Waals surface area contributed by atoms with E-state index in [2.05, 4.69) is 20.6 Å². The molecule has 5 rings (SSSR count). The van der Waals surface area contributed by atoms with Crippen molar-refractivity contribution in [1.29, 1.82) is 0 Å². The lowest BCUT2D eigenvalue weighted by molar-refractivity contribution is 0.0988. The number of para-hydroxylation sites is 1. The molecule has 0 fully saturated rings. The molecular weight excluding hydrogens is 354 g/mol. The van der Waals surface area contributed by atoms with Crippen molar-refractivity contribution in [2.75, 3.05) is 5.32 Å². The molecule has 7 nitrogen and oxygen atoms in total. The van der Waals surface area contributed by atoms with Gasteiger partial charge in [-0.3, -0.25) is 9.59 Å². The van der Waals surface area contributed by atoms with Crippen LogP contribution < -0.4 is 5.32 Å². The molecule has 1 aliphatic rings. The Morgan fingerprint density at radius 1 is 0.786 bits per heavy atom. The lowest BCUT2D eigenvalue weighted by Crippen LogP contribution is -2.28. The summed E-state index contributed by atoms with van der Waals surface area (Å²) < 4.78 is 1.41. The number of Topliss-reactive ketones (excluding diaryl/α,β-unsaturated/α-hetero) is 2. The van der Waals surface area contributed by atoms with E-state index < -0.39 is 0 Å². The highest BCUT2D eigenvalue weighted by molar-refractivity contribution is 6.38. The Morgan fingerprint density at radius 3 is 2.29 bits per heavy atom. The van der Waals surface area contributed by atoms with Crippen LogP contribution in [0.2, 0.25) is 0 Å². The fraction of sp³-hybridized carbons (Fsp3) is 0. The predicted octanol–water partition coefficient (Wildman–Crippen LogP) is 3.19. The zero-order valence-corrected chi connectivity index (χ0v) is 14.5. The van der Waals surface area contributed by atoms with Crippen LogP contribution >= 0.6 is 0 Å². The minimum atomic E-state index is -0.302. The van der Waals surface area contributed by atoms with Gasteiger partial charge in [-0.05, 0) is 24.3 Å². The van der Waals surface area contributed by atoms with Crippen LogP contribution in [0.5, 0.6) is 0 Å². The van der Waals surface area contributed by atoms with Crippen LogP contribution in [0.15, 0.2) is 78.6 Å². The second-order valence-electron chi connectivity index (χ2n) is 6.26. The van der Waals surface area contributed by atoms with Gasteiger partial charge in [0.1, 0.15) is 22.7 Å². The van der Waals surface area contributed by atoms with Crippen LogP contribution in [0, 0.1) is 0 Å². The van der Waals surface area contributed by atoms with Gasteiger partial charge in [-0.2, -0.15) is 0 Å². The van der Waals surface area contributed by atoms with E-state index in [4.69, 9.17) is 0 Å². The quantitative estimate of drug-likeness (QED) is 0.598. The molecule has 28 heavy (non-hydrogen) atoms. The number of carbonyl (C=O) groups excluding carboxylic acids is 2. The maximum Gasteiger partial charge on any atom is 0.214 e. The van der Waals surface area contributed by atoms with Crippen molar-refractivity contribution in [3.05, 3.63) is 89.8 Å². The smallest absolute Gasteiger partial charge is 0.214 e. The molecule has 0 amide bonds. The van der Waals surface area contributed by atoms with Gasteiger partial charge in [0.25, 0.3) is 0 Å². The fourth-order valence-electron chi connectivity index (χ4n) is 3.28. The van der Waals surface area contributed by atoms with Crippen LogP contribution in [0.25, 0.3) is 16.7 Å². The predicted molar refractivity (Wildman–Crippen MR) is 104 cm³/mol. The number of anilines is 1. The maximum atomic E-state index is 13.3. The van der Waals surface area contributed by atoms with Crippen molar-refractivity contribution < 1.29 is 9.59 Å². The Morgan fingerprint density at radius 2 is 1.50 bits per heavy atom. The zero-order valence-electron chi connectivity index (χ0n) is 14.5. The molecule has 4 aromatic rings. The average Bonchev–Trinajstić information content (AvgIpc) is 3.17. The number of hydrogen-bond acceptors (Lipinski definition) is 6. The van der Waals surface area contributed by atoms with Crippen LogP contribution in [0.3, 0.4) is 0 Å². The van der Waals surface area contributed by atoms with Gasteiger partial charge in [-0.25, -0.2) is 9.67 Å². The number of nitrogens with zero attached hydrogens (tertiary/aromatic N) is 4. The Kier molecular flexibility index (Phi) is 3.58. The number of fused-ring (bicyclic) bond motifs is 2. The van der Waals surface area contributed by atoms with Gasteiger partial charge in [-0.1, -0.05) is 47.7 Å². The number of allylic oxidation sites excluding steroid dienone is 2. The average molecular weight is 367 g/mol. The number of ketones is 2. The van der Waals surface area contributed by atoms with E-state index in [0.29, 0.717) is 28.0 Å². The fourth-order valence-corrected chi connectivity index (χ4v) is 3.28. The van der Waals surface area contributed by atoms with Crippen LogP contribution in [0.1, 0.15) is 20.7 Å².